The Morgan fingerprint density at radius 3 is 2.43 bits per heavy atom. The first-order valence-electron chi connectivity index (χ1n) is 6.58. The molecule has 4 N–H and O–H groups in total. The minimum absolute atomic E-state index is 0.148. The summed E-state index contributed by atoms with van der Waals surface area (Å²) in [6, 6.07) is 6.28. The Kier molecular flexibility index (Phi) is 6.73. The van der Waals surface area contributed by atoms with Gasteiger partial charge in [-0.25, -0.2) is 9.59 Å². The van der Waals surface area contributed by atoms with E-state index in [1.807, 2.05) is 0 Å². The van der Waals surface area contributed by atoms with Crippen LogP contribution < -0.4 is 16.0 Å². The Balaban J connectivity index is 2.32. The zero-order chi connectivity index (χ0) is 15.7. The molecule has 1 aromatic rings. The predicted octanol–water partition coefficient (Wildman–Crippen LogP) is 0.363. The summed E-state index contributed by atoms with van der Waals surface area (Å²) < 4.78 is 0. The number of carboxylic acid groups (broad SMARTS) is 1. The molecule has 3 amide bonds. The summed E-state index contributed by atoms with van der Waals surface area (Å²) in [4.78, 5) is 33.4. The van der Waals surface area contributed by atoms with Crippen LogP contribution in [0.3, 0.4) is 0 Å². The lowest BCUT2D eigenvalue weighted by atomic mass is 10.0. The predicted molar refractivity (Wildman–Crippen MR) is 77.2 cm³/mol. The summed E-state index contributed by atoms with van der Waals surface area (Å²) in [5, 5.41) is 16.6. The van der Waals surface area contributed by atoms with Crippen LogP contribution in [0.5, 0.6) is 0 Å². The third-order valence-electron chi connectivity index (χ3n) is 2.84. The van der Waals surface area contributed by atoms with E-state index >= 15 is 0 Å². The maximum absolute atomic E-state index is 11.5. The molecule has 0 atom stereocenters. The van der Waals surface area contributed by atoms with Crippen LogP contribution in [-0.2, 0) is 11.2 Å². The molecule has 0 unspecified atom stereocenters. The Bertz CT molecular complexity index is 517. The van der Waals surface area contributed by atoms with Crippen molar-refractivity contribution in [1.82, 2.24) is 16.0 Å². The van der Waals surface area contributed by atoms with E-state index in [9.17, 15) is 14.4 Å². The Morgan fingerprint density at radius 1 is 1.10 bits per heavy atom. The normalized spacial score (nSPS) is 9.76. The van der Waals surface area contributed by atoms with Gasteiger partial charge in [0.25, 0.3) is 0 Å². The van der Waals surface area contributed by atoms with Crippen molar-refractivity contribution in [2.24, 2.45) is 0 Å². The highest BCUT2D eigenvalue weighted by Crippen LogP contribution is 2.08. The first-order valence-corrected chi connectivity index (χ1v) is 6.58. The first-order chi connectivity index (χ1) is 10.0. The molecule has 0 radical (unpaired) electrons. The van der Waals surface area contributed by atoms with Crippen molar-refractivity contribution in [2.75, 3.05) is 20.1 Å². The lowest BCUT2D eigenvalue weighted by molar-refractivity contribution is -0.120. The molecule has 1 aromatic carbocycles. The van der Waals surface area contributed by atoms with E-state index in [-0.39, 0.29) is 30.5 Å². The van der Waals surface area contributed by atoms with Crippen molar-refractivity contribution in [1.29, 1.82) is 0 Å². The van der Waals surface area contributed by atoms with Crippen LogP contribution in [0, 0.1) is 0 Å². The van der Waals surface area contributed by atoms with Gasteiger partial charge in [0.1, 0.15) is 0 Å². The van der Waals surface area contributed by atoms with Gasteiger partial charge < -0.3 is 21.1 Å². The highest BCUT2D eigenvalue weighted by Gasteiger charge is 2.09. The third-order valence-corrected chi connectivity index (χ3v) is 2.84. The van der Waals surface area contributed by atoms with Crippen LogP contribution >= 0.6 is 0 Å². The van der Waals surface area contributed by atoms with Crippen LogP contribution in [-0.4, -0.2) is 43.2 Å². The molecule has 0 aromatic heterocycles. The minimum Gasteiger partial charge on any atom is -0.478 e. The van der Waals surface area contributed by atoms with Gasteiger partial charge in [-0.2, -0.15) is 0 Å². The van der Waals surface area contributed by atoms with Gasteiger partial charge in [-0.3, -0.25) is 4.79 Å². The maximum atomic E-state index is 11.5. The second kappa shape index (κ2) is 8.57. The van der Waals surface area contributed by atoms with Crippen molar-refractivity contribution < 1.29 is 19.5 Å². The minimum atomic E-state index is -0.986. The number of rotatable bonds is 7. The smallest absolute Gasteiger partial charge is 0.335 e. The molecule has 0 spiro atoms. The van der Waals surface area contributed by atoms with Crippen molar-refractivity contribution in [3.05, 3.63) is 35.4 Å². The summed E-state index contributed by atoms with van der Waals surface area (Å²) in [7, 11) is 1.53. The average Bonchev–Trinajstić information content (AvgIpc) is 2.47. The third kappa shape index (κ3) is 5.94. The summed E-state index contributed by atoms with van der Waals surface area (Å²) in [6.07, 6.45) is 0.636. The van der Waals surface area contributed by atoms with Crippen molar-refractivity contribution >= 4 is 17.9 Å². The number of amides is 3. The van der Waals surface area contributed by atoms with Crippen LogP contribution in [0.15, 0.2) is 24.3 Å². The molecule has 0 bridgehead atoms. The lowest BCUT2D eigenvalue weighted by Gasteiger charge is -2.08. The fraction of sp³-hybridized carbons (Fsp3) is 0.357. The largest absolute Gasteiger partial charge is 0.478 e. The summed E-state index contributed by atoms with van der Waals surface area (Å²) in [5.74, 6) is -1.13. The summed E-state index contributed by atoms with van der Waals surface area (Å²) in [5.41, 5.74) is 0.898. The molecule has 114 valence electrons. The van der Waals surface area contributed by atoms with Gasteiger partial charge in [-0.1, -0.05) is 18.2 Å². The fourth-order valence-corrected chi connectivity index (χ4v) is 1.73. The van der Waals surface area contributed by atoms with Crippen LogP contribution in [0.4, 0.5) is 4.79 Å². The van der Waals surface area contributed by atoms with Gasteiger partial charge in [0.2, 0.25) is 5.91 Å². The van der Waals surface area contributed by atoms with E-state index < -0.39 is 5.97 Å². The van der Waals surface area contributed by atoms with Crippen LogP contribution in [0.2, 0.25) is 0 Å². The number of carboxylic acids is 1. The lowest BCUT2D eigenvalue weighted by Crippen LogP contribution is -2.38. The number of hydrogen-bond acceptors (Lipinski definition) is 3. The maximum Gasteiger partial charge on any atom is 0.335 e. The molecule has 0 heterocycles. The first kappa shape index (κ1) is 16.5. The Hall–Kier alpha value is -2.57. The van der Waals surface area contributed by atoms with Gasteiger partial charge in [-0.05, 0) is 18.1 Å². The van der Waals surface area contributed by atoms with E-state index in [2.05, 4.69) is 16.0 Å². The quantitative estimate of drug-likeness (QED) is 0.582. The zero-order valence-electron chi connectivity index (χ0n) is 11.8. The molecule has 0 aliphatic heterocycles. The number of carbonyl (C=O) groups excluding carboxylic acids is 2. The Morgan fingerprint density at radius 2 is 1.76 bits per heavy atom. The molecule has 21 heavy (non-hydrogen) atoms. The molecule has 1 rings (SSSR count). The number of aromatic carboxylic acids is 1. The van der Waals surface area contributed by atoms with Gasteiger partial charge >= 0.3 is 12.0 Å². The van der Waals surface area contributed by atoms with E-state index in [0.29, 0.717) is 18.5 Å². The monoisotopic (exact) mass is 293 g/mol. The van der Waals surface area contributed by atoms with E-state index in [0.717, 1.165) is 0 Å². The molecular formula is C14H19N3O4. The van der Waals surface area contributed by atoms with E-state index in [4.69, 9.17) is 5.11 Å². The standard InChI is InChI=1S/C14H19N3O4/c1-15-12(18)7-9-17-14(21)16-8-6-10-4-2-3-5-11(10)13(19)20/h2-5H,6-9H2,1H3,(H,15,18)(H,19,20)(H2,16,17,21). The SMILES string of the molecule is CNC(=O)CCNC(=O)NCCc1ccccc1C(=O)O. The van der Waals surface area contributed by atoms with E-state index in [1.54, 1.807) is 18.2 Å². The van der Waals surface area contributed by atoms with E-state index in [1.165, 1.54) is 13.1 Å². The van der Waals surface area contributed by atoms with Gasteiger partial charge in [-0.15, -0.1) is 0 Å². The number of nitrogens with one attached hydrogen (secondary N) is 3. The average molecular weight is 293 g/mol. The molecule has 0 aliphatic rings. The van der Waals surface area contributed by atoms with Crippen molar-refractivity contribution in [3.63, 3.8) is 0 Å². The number of hydrogen-bond donors (Lipinski definition) is 4. The molecule has 0 saturated heterocycles. The van der Waals surface area contributed by atoms with Crippen molar-refractivity contribution in [2.45, 2.75) is 12.8 Å². The number of benzene rings is 1. The molecule has 0 aliphatic carbocycles. The number of urea groups is 1. The molecule has 0 saturated carbocycles. The van der Waals surface area contributed by atoms with Crippen LogP contribution in [0.1, 0.15) is 22.3 Å². The molecular weight excluding hydrogens is 274 g/mol. The number of carbonyl (C=O) groups is 3. The second-order valence-corrected chi connectivity index (χ2v) is 4.32. The zero-order valence-corrected chi connectivity index (χ0v) is 11.8. The van der Waals surface area contributed by atoms with Gasteiger partial charge in [0.15, 0.2) is 0 Å². The topological polar surface area (TPSA) is 108 Å². The fourth-order valence-electron chi connectivity index (χ4n) is 1.73. The highest BCUT2D eigenvalue weighted by atomic mass is 16.4. The Labute approximate surface area is 122 Å². The van der Waals surface area contributed by atoms with Crippen molar-refractivity contribution in [3.8, 4) is 0 Å². The van der Waals surface area contributed by atoms with Gasteiger partial charge in [0.05, 0.1) is 5.56 Å². The van der Waals surface area contributed by atoms with Crippen LogP contribution in [0.25, 0.3) is 0 Å². The molecule has 7 nitrogen and oxygen atoms in total. The second-order valence-electron chi connectivity index (χ2n) is 4.32. The highest BCUT2D eigenvalue weighted by molar-refractivity contribution is 5.89. The molecule has 0 fully saturated rings. The summed E-state index contributed by atoms with van der Waals surface area (Å²) >= 11 is 0. The van der Waals surface area contributed by atoms with Gasteiger partial charge in [0, 0.05) is 26.6 Å². The summed E-state index contributed by atoms with van der Waals surface area (Å²) in [6.45, 7) is 0.563. The molecule has 7 heteroatoms.